The standard InChI is InChI=1S/C9H10BrN3/c1-13-9-3-2-6(10)4-7(9)8(12)5-11/h2-4,8,13H,12H2,1H3. The lowest BCUT2D eigenvalue weighted by Gasteiger charge is -2.10. The van der Waals surface area contributed by atoms with Gasteiger partial charge in [-0.25, -0.2) is 0 Å². The monoisotopic (exact) mass is 239 g/mol. The molecule has 0 saturated heterocycles. The predicted molar refractivity (Wildman–Crippen MR) is 56.2 cm³/mol. The van der Waals surface area contributed by atoms with Gasteiger partial charge >= 0.3 is 0 Å². The van der Waals surface area contributed by atoms with Crippen molar-refractivity contribution < 1.29 is 0 Å². The van der Waals surface area contributed by atoms with E-state index in [1.807, 2.05) is 24.3 Å². The number of rotatable bonds is 2. The van der Waals surface area contributed by atoms with Crippen molar-refractivity contribution in [2.75, 3.05) is 12.4 Å². The van der Waals surface area contributed by atoms with Crippen LogP contribution in [0, 0.1) is 11.3 Å². The summed E-state index contributed by atoms with van der Waals surface area (Å²) in [5.41, 5.74) is 7.31. The Morgan fingerprint density at radius 3 is 2.85 bits per heavy atom. The molecule has 3 nitrogen and oxygen atoms in total. The Bertz CT molecular complexity index is 343. The third kappa shape index (κ3) is 2.20. The molecule has 0 aliphatic rings. The van der Waals surface area contributed by atoms with Crippen LogP contribution < -0.4 is 11.1 Å². The van der Waals surface area contributed by atoms with Crippen molar-refractivity contribution >= 4 is 21.6 Å². The van der Waals surface area contributed by atoms with E-state index < -0.39 is 6.04 Å². The van der Waals surface area contributed by atoms with E-state index in [9.17, 15) is 0 Å². The lowest BCUT2D eigenvalue weighted by atomic mass is 10.1. The van der Waals surface area contributed by atoms with E-state index in [1.165, 1.54) is 0 Å². The fraction of sp³-hybridized carbons (Fsp3) is 0.222. The molecule has 0 fully saturated rings. The van der Waals surface area contributed by atoms with Gasteiger partial charge in [-0.2, -0.15) is 5.26 Å². The molecular formula is C9H10BrN3. The molecule has 0 spiro atoms. The molecule has 0 amide bonds. The maximum atomic E-state index is 8.68. The van der Waals surface area contributed by atoms with Gasteiger partial charge in [0, 0.05) is 22.8 Å². The summed E-state index contributed by atoms with van der Waals surface area (Å²) < 4.78 is 0.923. The molecule has 68 valence electrons. The largest absolute Gasteiger partial charge is 0.388 e. The van der Waals surface area contributed by atoms with Crippen molar-refractivity contribution in [1.29, 1.82) is 5.26 Å². The van der Waals surface area contributed by atoms with E-state index in [1.54, 1.807) is 7.05 Å². The van der Waals surface area contributed by atoms with Gasteiger partial charge in [0.1, 0.15) is 6.04 Å². The topological polar surface area (TPSA) is 61.8 Å². The maximum absolute atomic E-state index is 8.68. The Morgan fingerprint density at radius 1 is 1.62 bits per heavy atom. The Kier molecular flexibility index (Phi) is 3.29. The Labute approximate surface area is 85.7 Å². The average Bonchev–Trinajstić information content (AvgIpc) is 2.16. The molecule has 1 atom stereocenters. The summed E-state index contributed by atoms with van der Waals surface area (Å²) in [6.45, 7) is 0. The number of hydrogen-bond acceptors (Lipinski definition) is 3. The van der Waals surface area contributed by atoms with Crippen LogP contribution in [0.15, 0.2) is 22.7 Å². The highest BCUT2D eigenvalue weighted by atomic mass is 79.9. The summed E-state index contributed by atoms with van der Waals surface area (Å²) in [5.74, 6) is 0. The molecule has 1 aromatic rings. The second kappa shape index (κ2) is 4.26. The van der Waals surface area contributed by atoms with E-state index in [0.717, 1.165) is 15.7 Å². The van der Waals surface area contributed by atoms with Gasteiger partial charge in [-0.1, -0.05) is 15.9 Å². The van der Waals surface area contributed by atoms with Gasteiger partial charge in [0.15, 0.2) is 0 Å². The van der Waals surface area contributed by atoms with Gasteiger partial charge in [-0.3, -0.25) is 0 Å². The van der Waals surface area contributed by atoms with Crippen LogP contribution in [-0.2, 0) is 0 Å². The van der Waals surface area contributed by atoms with E-state index in [0.29, 0.717) is 0 Å². The minimum absolute atomic E-state index is 0.583. The fourth-order valence-electron chi connectivity index (χ4n) is 1.09. The minimum atomic E-state index is -0.583. The third-order valence-corrected chi connectivity index (χ3v) is 2.25. The molecule has 0 aliphatic carbocycles. The van der Waals surface area contributed by atoms with E-state index >= 15 is 0 Å². The summed E-state index contributed by atoms with van der Waals surface area (Å²) in [4.78, 5) is 0. The molecule has 0 bridgehead atoms. The number of nitrogens with two attached hydrogens (primary N) is 1. The number of nitrogens with one attached hydrogen (secondary N) is 1. The molecule has 13 heavy (non-hydrogen) atoms. The van der Waals surface area contributed by atoms with Crippen molar-refractivity contribution in [3.63, 3.8) is 0 Å². The Balaban J connectivity index is 3.17. The van der Waals surface area contributed by atoms with Crippen molar-refractivity contribution in [3.8, 4) is 6.07 Å². The number of anilines is 1. The van der Waals surface area contributed by atoms with Gasteiger partial charge in [0.2, 0.25) is 0 Å². The Hall–Kier alpha value is -1.05. The zero-order chi connectivity index (χ0) is 9.84. The van der Waals surface area contributed by atoms with Crippen LogP contribution >= 0.6 is 15.9 Å². The van der Waals surface area contributed by atoms with Crippen LogP contribution in [-0.4, -0.2) is 7.05 Å². The maximum Gasteiger partial charge on any atom is 0.120 e. The van der Waals surface area contributed by atoms with E-state index in [4.69, 9.17) is 11.0 Å². The predicted octanol–water partition coefficient (Wildman–Crippen LogP) is 2.01. The lowest BCUT2D eigenvalue weighted by Crippen LogP contribution is -2.09. The smallest absolute Gasteiger partial charge is 0.120 e. The summed E-state index contributed by atoms with van der Waals surface area (Å²) in [7, 11) is 1.80. The van der Waals surface area contributed by atoms with Crippen LogP contribution in [0.2, 0.25) is 0 Å². The van der Waals surface area contributed by atoms with Gasteiger partial charge < -0.3 is 11.1 Å². The molecule has 1 unspecified atom stereocenters. The molecule has 0 heterocycles. The highest BCUT2D eigenvalue weighted by Gasteiger charge is 2.09. The van der Waals surface area contributed by atoms with Crippen molar-refractivity contribution in [1.82, 2.24) is 0 Å². The first kappa shape index (κ1) is 10.0. The summed E-state index contributed by atoms with van der Waals surface area (Å²) in [6.07, 6.45) is 0. The number of nitriles is 1. The van der Waals surface area contributed by atoms with Crippen LogP contribution in [0.3, 0.4) is 0 Å². The van der Waals surface area contributed by atoms with Crippen LogP contribution in [0.4, 0.5) is 5.69 Å². The first-order valence-electron chi connectivity index (χ1n) is 3.81. The molecule has 0 aliphatic heterocycles. The molecule has 4 heteroatoms. The zero-order valence-corrected chi connectivity index (χ0v) is 8.80. The second-order valence-electron chi connectivity index (χ2n) is 2.59. The Morgan fingerprint density at radius 2 is 2.31 bits per heavy atom. The number of nitrogens with zero attached hydrogens (tertiary/aromatic N) is 1. The highest BCUT2D eigenvalue weighted by molar-refractivity contribution is 9.10. The van der Waals surface area contributed by atoms with Gasteiger partial charge in [0.05, 0.1) is 6.07 Å². The normalized spacial score (nSPS) is 11.8. The molecule has 3 N–H and O–H groups in total. The van der Waals surface area contributed by atoms with E-state index in [2.05, 4.69) is 21.2 Å². The quantitative estimate of drug-likeness (QED) is 0.831. The molecule has 0 saturated carbocycles. The number of hydrogen-bond donors (Lipinski definition) is 2. The van der Waals surface area contributed by atoms with Gasteiger partial charge in [-0.15, -0.1) is 0 Å². The first-order valence-corrected chi connectivity index (χ1v) is 4.60. The molecule has 0 radical (unpaired) electrons. The zero-order valence-electron chi connectivity index (χ0n) is 7.21. The summed E-state index contributed by atoms with van der Waals surface area (Å²) in [5, 5.41) is 11.7. The molecule has 1 rings (SSSR count). The van der Waals surface area contributed by atoms with Crippen molar-refractivity contribution in [2.45, 2.75) is 6.04 Å². The van der Waals surface area contributed by atoms with Crippen LogP contribution in [0.25, 0.3) is 0 Å². The summed E-state index contributed by atoms with van der Waals surface area (Å²) in [6, 6.07) is 7.05. The minimum Gasteiger partial charge on any atom is -0.388 e. The number of benzene rings is 1. The molecule has 0 aromatic heterocycles. The molecule has 1 aromatic carbocycles. The van der Waals surface area contributed by atoms with Crippen molar-refractivity contribution in [2.24, 2.45) is 5.73 Å². The van der Waals surface area contributed by atoms with Gasteiger partial charge in [0.25, 0.3) is 0 Å². The highest BCUT2D eigenvalue weighted by Crippen LogP contribution is 2.24. The SMILES string of the molecule is CNc1ccc(Br)cc1C(N)C#N. The lowest BCUT2D eigenvalue weighted by molar-refractivity contribution is 0.926. The van der Waals surface area contributed by atoms with Crippen LogP contribution in [0.5, 0.6) is 0 Å². The average molecular weight is 240 g/mol. The molecular weight excluding hydrogens is 230 g/mol. The summed E-state index contributed by atoms with van der Waals surface area (Å²) >= 11 is 3.33. The third-order valence-electron chi connectivity index (χ3n) is 1.76. The second-order valence-corrected chi connectivity index (χ2v) is 3.50. The fourth-order valence-corrected chi connectivity index (χ4v) is 1.47. The van der Waals surface area contributed by atoms with Crippen LogP contribution in [0.1, 0.15) is 11.6 Å². The first-order chi connectivity index (χ1) is 6.19. The van der Waals surface area contributed by atoms with Gasteiger partial charge in [-0.05, 0) is 18.2 Å². The number of halogens is 1. The van der Waals surface area contributed by atoms with Crippen molar-refractivity contribution in [3.05, 3.63) is 28.2 Å². The van der Waals surface area contributed by atoms with E-state index in [-0.39, 0.29) is 0 Å².